The zero-order valence-corrected chi connectivity index (χ0v) is 11.1. The van der Waals surface area contributed by atoms with Gasteiger partial charge in [0, 0.05) is 0 Å². The van der Waals surface area contributed by atoms with Crippen molar-refractivity contribution in [3.8, 4) is 11.5 Å². The summed E-state index contributed by atoms with van der Waals surface area (Å²) in [7, 11) is 2.83. The molecule has 17 heavy (non-hydrogen) atoms. The van der Waals surface area contributed by atoms with E-state index in [0.717, 1.165) is 0 Å². The van der Waals surface area contributed by atoms with Crippen LogP contribution in [-0.4, -0.2) is 31.1 Å². The average Bonchev–Trinajstić information content (AvgIpc) is 2.27. The normalized spacial score (nSPS) is 9.88. The van der Waals surface area contributed by atoms with Crippen molar-refractivity contribution >= 4 is 27.7 Å². The summed E-state index contributed by atoms with van der Waals surface area (Å²) in [5, 5.41) is 8.71. The van der Waals surface area contributed by atoms with E-state index in [4.69, 9.17) is 14.6 Å². The number of ketones is 1. The minimum Gasteiger partial charge on any atom is -0.495 e. The highest BCUT2D eigenvalue weighted by Gasteiger charge is 2.24. The summed E-state index contributed by atoms with van der Waals surface area (Å²) < 4.78 is 10.6. The van der Waals surface area contributed by atoms with Crippen molar-refractivity contribution < 1.29 is 24.2 Å². The number of methoxy groups -OCH3 is 2. The van der Waals surface area contributed by atoms with Crippen LogP contribution in [0.2, 0.25) is 0 Å². The number of hydrogen-bond acceptors (Lipinski definition) is 4. The molecule has 0 aliphatic rings. The molecule has 1 aromatic rings. The van der Waals surface area contributed by atoms with Crippen LogP contribution >= 0.6 is 15.9 Å². The second kappa shape index (κ2) is 5.18. The highest BCUT2D eigenvalue weighted by atomic mass is 79.9. The molecule has 0 saturated carbocycles. The number of carboxylic acid groups (broad SMARTS) is 1. The van der Waals surface area contributed by atoms with E-state index in [9.17, 15) is 9.59 Å². The quantitative estimate of drug-likeness (QED) is 0.680. The number of rotatable bonds is 4. The fourth-order valence-electron chi connectivity index (χ4n) is 1.48. The van der Waals surface area contributed by atoms with Crippen molar-refractivity contribution in [3.05, 3.63) is 21.7 Å². The van der Waals surface area contributed by atoms with Crippen LogP contribution in [0.3, 0.4) is 0 Å². The van der Waals surface area contributed by atoms with E-state index in [0.29, 0.717) is 15.8 Å². The Hall–Kier alpha value is -1.56. The Balaban J connectivity index is 3.52. The molecule has 0 spiro atoms. The number of halogens is 1. The molecule has 5 nitrogen and oxygen atoms in total. The van der Waals surface area contributed by atoms with Gasteiger partial charge >= 0.3 is 5.97 Å². The molecule has 0 aromatic heterocycles. The second-order valence-corrected chi connectivity index (χ2v) is 4.05. The maximum absolute atomic E-state index is 11.5. The first-order chi connectivity index (χ1) is 7.93. The summed E-state index contributed by atoms with van der Waals surface area (Å²) >= 11 is 3.23. The fourth-order valence-corrected chi connectivity index (χ4v) is 2.33. The smallest absolute Gasteiger partial charge is 0.377 e. The topological polar surface area (TPSA) is 72.8 Å². The first kappa shape index (κ1) is 13.5. The maximum atomic E-state index is 11.5. The third kappa shape index (κ3) is 2.41. The van der Waals surface area contributed by atoms with Crippen LogP contribution in [0.25, 0.3) is 0 Å². The molecule has 1 N–H and O–H groups in total. The predicted octanol–water partition coefficient (Wildman–Crippen LogP) is 2.04. The molecule has 0 aliphatic heterocycles. The standard InChI is InChI=1S/C11H11BrO5/c1-5-4-6(8(13)11(14)15)10(17-3)7(12)9(5)16-2/h4H,1-3H3,(H,14,15). The summed E-state index contributed by atoms with van der Waals surface area (Å²) in [6.07, 6.45) is 0. The third-order valence-electron chi connectivity index (χ3n) is 2.21. The van der Waals surface area contributed by atoms with Gasteiger partial charge in [0.2, 0.25) is 0 Å². The van der Waals surface area contributed by atoms with E-state index in [1.807, 2.05) is 0 Å². The summed E-state index contributed by atoms with van der Waals surface area (Å²) in [5.41, 5.74) is 0.634. The zero-order valence-electron chi connectivity index (χ0n) is 9.54. The molecule has 0 heterocycles. The first-order valence-corrected chi connectivity index (χ1v) is 5.42. The molecule has 0 fully saturated rings. The number of hydrogen-bond donors (Lipinski definition) is 1. The van der Waals surface area contributed by atoms with Gasteiger partial charge in [-0.15, -0.1) is 0 Å². The highest BCUT2D eigenvalue weighted by Crippen LogP contribution is 2.39. The number of benzene rings is 1. The number of carbonyl (C=O) groups excluding carboxylic acids is 1. The van der Waals surface area contributed by atoms with E-state index in [2.05, 4.69) is 15.9 Å². The van der Waals surface area contributed by atoms with Crippen molar-refractivity contribution in [1.82, 2.24) is 0 Å². The largest absolute Gasteiger partial charge is 0.495 e. The molecular weight excluding hydrogens is 292 g/mol. The third-order valence-corrected chi connectivity index (χ3v) is 2.93. The minimum atomic E-state index is -1.53. The summed E-state index contributed by atoms with van der Waals surface area (Å²) in [4.78, 5) is 22.2. The number of Topliss-reactive ketones (excluding diaryl/α,β-unsaturated/α-hetero) is 1. The summed E-state index contributed by atoms with van der Waals surface area (Å²) in [5.74, 6) is -1.89. The molecule has 0 saturated heterocycles. The Morgan fingerprint density at radius 1 is 1.24 bits per heavy atom. The first-order valence-electron chi connectivity index (χ1n) is 4.62. The van der Waals surface area contributed by atoms with Crippen molar-refractivity contribution in [2.24, 2.45) is 0 Å². The van der Waals surface area contributed by atoms with Gasteiger partial charge in [-0.2, -0.15) is 0 Å². The van der Waals surface area contributed by atoms with Gasteiger partial charge in [-0.3, -0.25) is 4.79 Å². The Morgan fingerprint density at radius 2 is 1.76 bits per heavy atom. The van der Waals surface area contributed by atoms with Crippen LogP contribution in [0.15, 0.2) is 10.5 Å². The van der Waals surface area contributed by atoms with Gasteiger partial charge in [-0.05, 0) is 34.5 Å². The van der Waals surface area contributed by atoms with Gasteiger partial charge < -0.3 is 14.6 Å². The van der Waals surface area contributed by atoms with E-state index in [-0.39, 0.29) is 11.3 Å². The van der Waals surface area contributed by atoms with Crippen molar-refractivity contribution in [3.63, 3.8) is 0 Å². The number of aliphatic carboxylic acids is 1. The van der Waals surface area contributed by atoms with Crippen molar-refractivity contribution in [2.75, 3.05) is 14.2 Å². The number of aryl methyl sites for hydroxylation is 1. The SMILES string of the molecule is COc1c(C)cc(C(=O)C(=O)O)c(OC)c1Br. The molecule has 1 aromatic carbocycles. The van der Waals surface area contributed by atoms with E-state index in [1.165, 1.54) is 20.3 Å². The monoisotopic (exact) mass is 302 g/mol. The Bertz CT molecular complexity index is 481. The predicted molar refractivity (Wildman–Crippen MR) is 63.9 cm³/mol. The minimum absolute atomic E-state index is 0.00910. The second-order valence-electron chi connectivity index (χ2n) is 3.26. The van der Waals surface area contributed by atoms with Crippen LogP contribution < -0.4 is 9.47 Å². The Kier molecular flexibility index (Phi) is 4.11. The molecule has 0 aliphatic carbocycles. The fraction of sp³-hybridized carbons (Fsp3) is 0.273. The lowest BCUT2D eigenvalue weighted by Gasteiger charge is -2.14. The number of ether oxygens (including phenoxy) is 2. The Labute approximate surface area is 106 Å². The van der Waals surface area contributed by atoms with Crippen LogP contribution in [0, 0.1) is 6.92 Å². The molecule has 0 unspecified atom stereocenters. The lowest BCUT2D eigenvalue weighted by atomic mass is 10.1. The van der Waals surface area contributed by atoms with Gasteiger partial charge in [-0.25, -0.2) is 4.79 Å². The molecule has 6 heteroatoms. The molecule has 0 amide bonds. The van der Waals surface area contributed by atoms with Crippen LogP contribution in [0.5, 0.6) is 11.5 Å². The number of carbonyl (C=O) groups is 2. The molecule has 92 valence electrons. The maximum Gasteiger partial charge on any atom is 0.377 e. The highest BCUT2D eigenvalue weighted by molar-refractivity contribution is 9.10. The van der Waals surface area contributed by atoms with Gasteiger partial charge in [0.25, 0.3) is 5.78 Å². The number of carboxylic acids is 1. The van der Waals surface area contributed by atoms with E-state index in [1.54, 1.807) is 6.92 Å². The summed E-state index contributed by atoms with van der Waals surface area (Å²) in [6.45, 7) is 1.71. The van der Waals surface area contributed by atoms with Crippen molar-refractivity contribution in [2.45, 2.75) is 6.92 Å². The van der Waals surface area contributed by atoms with Gasteiger partial charge in [0.05, 0.1) is 19.8 Å². The summed E-state index contributed by atoms with van der Waals surface area (Å²) in [6, 6.07) is 1.43. The zero-order chi connectivity index (χ0) is 13.2. The van der Waals surface area contributed by atoms with Gasteiger partial charge in [0.1, 0.15) is 16.0 Å². The molecule has 1 rings (SSSR count). The van der Waals surface area contributed by atoms with Crippen LogP contribution in [0.4, 0.5) is 0 Å². The molecular formula is C11H11BrO5. The van der Waals surface area contributed by atoms with E-state index < -0.39 is 11.8 Å². The Morgan fingerprint density at radius 3 is 2.18 bits per heavy atom. The van der Waals surface area contributed by atoms with Crippen LogP contribution in [-0.2, 0) is 4.79 Å². The van der Waals surface area contributed by atoms with Crippen molar-refractivity contribution in [1.29, 1.82) is 0 Å². The van der Waals surface area contributed by atoms with Gasteiger partial charge in [-0.1, -0.05) is 0 Å². The van der Waals surface area contributed by atoms with Crippen LogP contribution in [0.1, 0.15) is 15.9 Å². The average molecular weight is 303 g/mol. The van der Waals surface area contributed by atoms with Gasteiger partial charge in [0.15, 0.2) is 0 Å². The lowest BCUT2D eigenvalue weighted by Crippen LogP contribution is -2.14. The molecule has 0 atom stereocenters. The molecule has 0 bridgehead atoms. The van der Waals surface area contributed by atoms with E-state index >= 15 is 0 Å². The lowest BCUT2D eigenvalue weighted by molar-refractivity contribution is -0.131. The molecule has 0 radical (unpaired) electrons.